The summed E-state index contributed by atoms with van der Waals surface area (Å²) in [6.45, 7) is 0.0275. The van der Waals surface area contributed by atoms with Crippen LogP contribution in [0.25, 0.3) is 10.8 Å². The molecule has 0 bridgehead atoms. The maximum atomic E-state index is 12.1. The molecule has 1 heterocycles. The van der Waals surface area contributed by atoms with E-state index in [0.717, 1.165) is 20.8 Å². The van der Waals surface area contributed by atoms with E-state index >= 15 is 0 Å². The molecule has 5 nitrogen and oxygen atoms in total. The summed E-state index contributed by atoms with van der Waals surface area (Å²) in [5, 5.41) is 16.1. The zero-order chi connectivity index (χ0) is 20.8. The lowest BCUT2D eigenvalue weighted by molar-refractivity contribution is -0.141. The Bertz CT molecular complexity index is 1050. The van der Waals surface area contributed by atoms with Crippen molar-refractivity contribution in [3.8, 4) is 0 Å². The fourth-order valence-electron chi connectivity index (χ4n) is 3.03. The summed E-state index contributed by atoms with van der Waals surface area (Å²) < 4.78 is 0.841. The molecular formula is C22H20BrNO4S. The molecule has 1 unspecified atom stereocenters. The zero-order valence-corrected chi connectivity index (χ0v) is 18.0. The first-order valence-electron chi connectivity index (χ1n) is 9.17. The Kier molecular flexibility index (Phi) is 7.17. The molecule has 0 aliphatic heterocycles. The number of carbonyl (C=O) groups excluding carboxylic acids is 2. The third-order valence-electron chi connectivity index (χ3n) is 4.61. The summed E-state index contributed by atoms with van der Waals surface area (Å²) in [5.41, 5.74) is 0.906. The molecule has 1 amide bonds. The molecule has 2 N–H and O–H groups in total. The first-order chi connectivity index (χ1) is 13.9. The van der Waals surface area contributed by atoms with Gasteiger partial charge in [0.05, 0.1) is 10.8 Å². The van der Waals surface area contributed by atoms with Crippen molar-refractivity contribution in [3.05, 3.63) is 68.8 Å². The van der Waals surface area contributed by atoms with Crippen LogP contribution in [0.5, 0.6) is 0 Å². The Morgan fingerprint density at radius 3 is 2.48 bits per heavy atom. The fraction of sp³-hybridized carbons (Fsp3) is 0.227. The van der Waals surface area contributed by atoms with Crippen molar-refractivity contribution in [2.75, 3.05) is 6.54 Å². The van der Waals surface area contributed by atoms with E-state index < -0.39 is 11.9 Å². The second kappa shape index (κ2) is 9.80. The van der Waals surface area contributed by atoms with Crippen molar-refractivity contribution >= 4 is 55.7 Å². The van der Waals surface area contributed by atoms with Gasteiger partial charge in [-0.25, -0.2) is 0 Å². The van der Waals surface area contributed by atoms with Gasteiger partial charge in [0.15, 0.2) is 5.78 Å². The van der Waals surface area contributed by atoms with Crippen molar-refractivity contribution in [1.29, 1.82) is 0 Å². The summed E-state index contributed by atoms with van der Waals surface area (Å²) in [7, 11) is 0. The van der Waals surface area contributed by atoms with Gasteiger partial charge in [-0.05, 0) is 44.8 Å². The van der Waals surface area contributed by atoms with Crippen molar-refractivity contribution in [3.63, 3.8) is 0 Å². The molecule has 0 radical (unpaired) electrons. The van der Waals surface area contributed by atoms with Gasteiger partial charge in [0.2, 0.25) is 5.91 Å². The first-order valence-corrected chi connectivity index (χ1v) is 10.8. The molecule has 7 heteroatoms. The van der Waals surface area contributed by atoms with Crippen LogP contribution in [-0.2, 0) is 16.0 Å². The topological polar surface area (TPSA) is 83.5 Å². The highest BCUT2D eigenvalue weighted by atomic mass is 79.9. The predicted octanol–water partition coefficient (Wildman–Crippen LogP) is 4.69. The molecule has 0 spiro atoms. The average molecular weight is 474 g/mol. The van der Waals surface area contributed by atoms with E-state index in [9.17, 15) is 19.5 Å². The largest absolute Gasteiger partial charge is 0.481 e. The molecule has 1 atom stereocenters. The van der Waals surface area contributed by atoms with Gasteiger partial charge in [-0.1, -0.05) is 42.5 Å². The summed E-state index contributed by atoms with van der Waals surface area (Å²) >= 11 is 4.63. The number of aliphatic carboxylic acids is 1. The Balaban J connectivity index is 1.52. The molecule has 3 aromatic rings. The minimum atomic E-state index is -0.960. The maximum absolute atomic E-state index is 12.1. The molecule has 0 fully saturated rings. The molecule has 1 aromatic heterocycles. The van der Waals surface area contributed by atoms with Crippen molar-refractivity contribution in [2.45, 2.75) is 19.3 Å². The monoisotopic (exact) mass is 473 g/mol. The number of halogens is 1. The summed E-state index contributed by atoms with van der Waals surface area (Å²) in [6.07, 6.45) is 0.459. The van der Waals surface area contributed by atoms with Gasteiger partial charge in [-0.3, -0.25) is 14.4 Å². The van der Waals surface area contributed by atoms with Gasteiger partial charge in [-0.15, -0.1) is 11.3 Å². The highest BCUT2D eigenvalue weighted by molar-refractivity contribution is 9.10. The number of fused-ring (bicyclic) bond motifs is 1. The van der Waals surface area contributed by atoms with E-state index in [1.54, 1.807) is 6.07 Å². The van der Waals surface area contributed by atoms with Crippen LogP contribution in [0.2, 0.25) is 0 Å². The van der Waals surface area contributed by atoms with Gasteiger partial charge >= 0.3 is 5.97 Å². The molecule has 150 valence electrons. The van der Waals surface area contributed by atoms with Crippen LogP contribution in [-0.4, -0.2) is 29.3 Å². The first kappa shape index (κ1) is 21.2. The van der Waals surface area contributed by atoms with Gasteiger partial charge in [0.25, 0.3) is 0 Å². The molecule has 0 saturated carbocycles. The SMILES string of the molecule is O=C(CCC(=O)c1cc(Br)cs1)NCC(Cc1ccc2ccccc2c1)C(=O)O. The van der Waals surface area contributed by atoms with Crippen molar-refractivity contribution < 1.29 is 19.5 Å². The highest BCUT2D eigenvalue weighted by Crippen LogP contribution is 2.21. The quantitative estimate of drug-likeness (QED) is 0.441. The third-order valence-corrected chi connectivity index (χ3v) is 6.34. The standard InChI is InChI=1S/C22H20BrNO4S/c23-18-11-20(29-13-18)19(25)7-8-21(26)24-12-17(22(27)28)10-14-5-6-15-3-1-2-4-16(15)9-14/h1-6,9,11,13,17H,7-8,10,12H2,(H,24,26)(H,27,28). The lowest BCUT2D eigenvalue weighted by atomic mass is 9.97. The number of carboxylic acid groups (broad SMARTS) is 1. The third kappa shape index (κ3) is 5.98. The Morgan fingerprint density at radius 1 is 1.03 bits per heavy atom. The average Bonchev–Trinajstić information content (AvgIpc) is 3.15. The van der Waals surface area contributed by atoms with Gasteiger partial charge < -0.3 is 10.4 Å². The van der Waals surface area contributed by atoms with E-state index in [0.29, 0.717) is 11.3 Å². The lowest BCUT2D eigenvalue weighted by Gasteiger charge is -2.14. The fourth-order valence-corrected chi connectivity index (χ4v) is 4.43. The number of hydrogen-bond acceptors (Lipinski definition) is 4. The molecule has 0 aliphatic carbocycles. The summed E-state index contributed by atoms with van der Waals surface area (Å²) in [5.74, 6) is -2.11. The molecular weight excluding hydrogens is 454 g/mol. The number of carbonyl (C=O) groups is 3. The second-order valence-corrected chi connectivity index (χ2v) is 8.60. The van der Waals surface area contributed by atoms with Crippen LogP contribution in [0.15, 0.2) is 58.4 Å². The number of benzene rings is 2. The lowest BCUT2D eigenvalue weighted by Crippen LogP contribution is -2.34. The number of Topliss-reactive ketones (excluding diaryl/α,β-unsaturated/α-hetero) is 1. The number of hydrogen-bond donors (Lipinski definition) is 2. The number of thiophene rings is 1. The number of ketones is 1. The molecule has 3 rings (SSSR count). The van der Waals surface area contributed by atoms with E-state index in [1.807, 2.05) is 47.8 Å². The van der Waals surface area contributed by atoms with Gasteiger partial charge in [0.1, 0.15) is 0 Å². The van der Waals surface area contributed by atoms with Gasteiger partial charge in [0, 0.05) is 29.2 Å². The minimum Gasteiger partial charge on any atom is -0.481 e. The molecule has 2 aromatic carbocycles. The second-order valence-electron chi connectivity index (χ2n) is 6.78. The number of amides is 1. The van der Waals surface area contributed by atoms with Crippen LogP contribution in [0.1, 0.15) is 28.1 Å². The number of nitrogens with one attached hydrogen (secondary N) is 1. The highest BCUT2D eigenvalue weighted by Gasteiger charge is 2.20. The normalized spacial score (nSPS) is 11.9. The van der Waals surface area contributed by atoms with E-state index in [2.05, 4.69) is 21.2 Å². The number of rotatable bonds is 9. The van der Waals surface area contributed by atoms with Crippen LogP contribution in [0.4, 0.5) is 0 Å². The van der Waals surface area contributed by atoms with Crippen molar-refractivity contribution in [2.24, 2.45) is 5.92 Å². The number of carboxylic acids is 1. The Hall–Kier alpha value is -2.51. The smallest absolute Gasteiger partial charge is 0.308 e. The van der Waals surface area contributed by atoms with Crippen LogP contribution in [0.3, 0.4) is 0 Å². The minimum absolute atomic E-state index is 0.0275. The van der Waals surface area contributed by atoms with Crippen LogP contribution in [0, 0.1) is 5.92 Å². The van der Waals surface area contributed by atoms with E-state index in [4.69, 9.17) is 0 Å². The molecule has 29 heavy (non-hydrogen) atoms. The zero-order valence-electron chi connectivity index (χ0n) is 15.6. The van der Waals surface area contributed by atoms with Crippen LogP contribution >= 0.6 is 27.3 Å². The van der Waals surface area contributed by atoms with E-state index in [1.165, 1.54) is 11.3 Å². The molecule has 0 saturated heterocycles. The van der Waals surface area contributed by atoms with E-state index in [-0.39, 0.29) is 31.1 Å². The maximum Gasteiger partial charge on any atom is 0.308 e. The Morgan fingerprint density at radius 2 is 1.79 bits per heavy atom. The summed E-state index contributed by atoms with van der Waals surface area (Å²) in [4.78, 5) is 36.4. The molecule has 0 aliphatic rings. The van der Waals surface area contributed by atoms with Crippen LogP contribution < -0.4 is 5.32 Å². The van der Waals surface area contributed by atoms with Crippen molar-refractivity contribution in [1.82, 2.24) is 5.32 Å². The predicted molar refractivity (Wildman–Crippen MR) is 117 cm³/mol. The Labute approximate surface area is 180 Å². The summed E-state index contributed by atoms with van der Waals surface area (Å²) in [6, 6.07) is 15.5. The van der Waals surface area contributed by atoms with Gasteiger partial charge in [-0.2, -0.15) is 0 Å².